The van der Waals surface area contributed by atoms with E-state index in [1.54, 1.807) is 12.1 Å². The van der Waals surface area contributed by atoms with E-state index in [0.717, 1.165) is 42.9 Å². The summed E-state index contributed by atoms with van der Waals surface area (Å²) >= 11 is 6.00. The predicted molar refractivity (Wildman–Crippen MR) is 93.1 cm³/mol. The largest absolute Gasteiger partial charge is 1.00 e. The van der Waals surface area contributed by atoms with Gasteiger partial charge in [0.2, 0.25) is 0 Å². The van der Waals surface area contributed by atoms with Gasteiger partial charge in [-0.05, 0) is 61.4 Å². The molecule has 2 aromatic carbocycles. The zero-order valence-corrected chi connectivity index (χ0v) is 16.0. The minimum Gasteiger partial charge on any atom is -1.00 e. The molecule has 25 heavy (non-hydrogen) atoms. The van der Waals surface area contributed by atoms with Gasteiger partial charge in [0.1, 0.15) is 11.5 Å². The molecule has 1 unspecified atom stereocenters. The van der Waals surface area contributed by atoms with Gasteiger partial charge in [0.05, 0.1) is 6.54 Å². The molecule has 6 heteroatoms. The number of amidine groups is 1. The Kier molecular flexibility index (Phi) is 5.19. The Balaban J connectivity index is 0.00000182. The van der Waals surface area contributed by atoms with Crippen molar-refractivity contribution in [1.29, 1.82) is 0 Å². The summed E-state index contributed by atoms with van der Waals surface area (Å²) in [5.74, 6) is 0.827. The first-order valence-corrected chi connectivity index (χ1v) is 8.61. The normalized spacial score (nSPS) is 22.6. The van der Waals surface area contributed by atoms with Gasteiger partial charge in [0.25, 0.3) is 11.6 Å². The molecule has 0 aliphatic carbocycles. The lowest BCUT2D eigenvalue weighted by Gasteiger charge is -2.24. The zero-order valence-electron chi connectivity index (χ0n) is 13.6. The summed E-state index contributed by atoms with van der Waals surface area (Å²) in [5, 5.41) is 12.1. The summed E-state index contributed by atoms with van der Waals surface area (Å²) in [6, 6.07) is 13.8. The first-order chi connectivity index (χ1) is 11.6. The summed E-state index contributed by atoms with van der Waals surface area (Å²) < 4.78 is 15.4. The van der Waals surface area contributed by atoms with Gasteiger partial charge in [0, 0.05) is 17.0 Å². The lowest BCUT2D eigenvalue weighted by molar-refractivity contribution is -0.661. The molecular formula is C19H19BrClFN2O. The number of nitrogens with zero attached hydrogens (tertiary/aromatic N) is 2. The van der Waals surface area contributed by atoms with E-state index in [9.17, 15) is 9.50 Å². The van der Waals surface area contributed by atoms with Crippen LogP contribution >= 0.6 is 11.6 Å². The van der Waals surface area contributed by atoms with Crippen molar-refractivity contribution in [3.63, 3.8) is 0 Å². The lowest BCUT2D eigenvalue weighted by Crippen LogP contribution is -3.00. The second-order valence-electron chi connectivity index (χ2n) is 6.41. The Hall–Kier alpha value is -1.43. The van der Waals surface area contributed by atoms with Crippen LogP contribution in [0.2, 0.25) is 5.02 Å². The monoisotopic (exact) mass is 424 g/mol. The average molecular weight is 426 g/mol. The molecule has 1 atom stereocenters. The van der Waals surface area contributed by atoms with Crippen LogP contribution < -0.4 is 21.9 Å². The minimum absolute atomic E-state index is 0. The number of aliphatic hydroxyl groups is 1. The van der Waals surface area contributed by atoms with E-state index in [1.807, 2.05) is 24.3 Å². The fourth-order valence-electron chi connectivity index (χ4n) is 3.72. The third-order valence-electron chi connectivity index (χ3n) is 4.93. The van der Waals surface area contributed by atoms with Crippen molar-refractivity contribution in [3.05, 3.63) is 64.9 Å². The van der Waals surface area contributed by atoms with Crippen LogP contribution in [0.3, 0.4) is 0 Å². The average Bonchev–Trinajstić information content (AvgIpc) is 2.91. The van der Waals surface area contributed by atoms with E-state index in [1.165, 1.54) is 12.1 Å². The predicted octanol–water partition coefficient (Wildman–Crippen LogP) is 0.743. The molecule has 0 amide bonds. The number of benzene rings is 2. The molecule has 2 aliphatic rings. The van der Waals surface area contributed by atoms with Crippen molar-refractivity contribution in [2.75, 3.05) is 18.0 Å². The van der Waals surface area contributed by atoms with Crippen LogP contribution in [0.25, 0.3) is 0 Å². The molecule has 132 valence electrons. The van der Waals surface area contributed by atoms with Crippen LogP contribution in [-0.4, -0.2) is 28.6 Å². The van der Waals surface area contributed by atoms with Gasteiger partial charge >= 0.3 is 0 Å². The van der Waals surface area contributed by atoms with Crippen LogP contribution in [0.5, 0.6) is 0 Å². The molecule has 0 radical (unpaired) electrons. The van der Waals surface area contributed by atoms with E-state index in [-0.39, 0.29) is 22.8 Å². The topological polar surface area (TPSA) is 26.5 Å². The van der Waals surface area contributed by atoms with Gasteiger partial charge in [-0.2, -0.15) is 0 Å². The van der Waals surface area contributed by atoms with Crippen LogP contribution in [0, 0.1) is 5.82 Å². The van der Waals surface area contributed by atoms with E-state index in [0.29, 0.717) is 11.6 Å². The molecule has 0 saturated carbocycles. The quantitative estimate of drug-likeness (QED) is 0.719. The van der Waals surface area contributed by atoms with E-state index >= 15 is 0 Å². The first kappa shape index (κ1) is 18.4. The molecule has 1 N–H and O–H groups in total. The van der Waals surface area contributed by atoms with Crippen molar-refractivity contribution >= 4 is 23.1 Å². The molecule has 2 aromatic rings. The molecule has 4 rings (SSSR count). The highest BCUT2D eigenvalue weighted by Gasteiger charge is 2.52. The maximum absolute atomic E-state index is 13.3. The third-order valence-corrected chi connectivity index (χ3v) is 5.18. The standard InChI is InChI=1S/C19H19ClFN2O.BrH/c20-15-6-10-17(11-7-15)22-13-19(24,14-4-8-16(21)9-5-14)23-12-2-1-3-18(22)23;/h4-11,24H,1-3,12-13H2;1H/q+1;/p-1. The van der Waals surface area contributed by atoms with Gasteiger partial charge in [0.15, 0.2) is 6.54 Å². The summed E-state index contributed by atoms with van der Waals surface area (Å²) in [7, 11) is 0. The summed E-state index contributed by atoms with van der Waals surface area (Å²) in [6.07, 6.45) is 3.07. The van der Waals surface area contributed by atoms with Gasteiger partial charge in [-0.15, -0.1) is 0 Å². The molecule has 2 aliphatic heterocycles. The Labute approximate surface area is 162 Å². The molecule has 0 bridgehead atoms. The van der Waals surface area contributed by atoms with Crippen molar-refractivity contribution in [3.8, 4) is 0 Å². The zero-order chi connectivity index (χ0) is 16.7. The van der Waals surface area contributed by atoms with E-state index in [4.69, 9.17) is 11.6 Å². The van der Waals surface area contributed by atoms with Gasteiger partial charge in [-0.25, -0.2) is 13.9 Å². The van der Waals surface area contributed by atoms with Crippen molar-refractivity contribution < 1.29 is 31.1 Å². The second kappa shape index (κ2) is 7.06. The number of rotatable bonds is 2. The Morgan fingerprint density at radius 2 is 1.72 bits per heavy atom. The maximum atomic E-state index is 13.3. The van der Waals surface area contributed by atoms with Crippen molar-refractivity contribution in [1.82, 2.24) is 0 Å². The highest BCUT2D eigenvalue weighted by molar-refractivity contribution is 6.30. The maximum Gasteiger partial charge on any atom is 0.271 e. The molecule has 0 aromatic heterocycles. The third kappa shape index (κ3) is 3.21. The van der Waals surface area contributed by atoms with Crippen molar-refractivity contribution in [2.45, 2.75) is 25.0 Å². The second-order valence-corrected chi connectivity index (χ2v) is 6.85. The number of anilines is 1. The fraction of sp³-hybridized carbons (Fsp3) is 0.316. The summed E-state index contributed by atoms with van der Waals surface area (Å²) in [5.41, 5.74) is 0.599. The minimum atomic E-state index is -1.14. The summed E-state index contributed by atoms with van der Waals surface area (Å²) in [4.78, 5) is 2.15. The number of β-amino-alcohol motifs (C(OH)–C–C–N with tert-alkyl or cyclic N) is 1. The van der Waals surface area contributed by atoms with Gasteiger partial charge in [-0.1, -0.05) is 11.6 Å². The van der Waals surface area contributed by atoms with Crippen LogP contribution in [-0.2, 0) is 5.72 Å². The highest BCUT2D eigenvalue weighted by Crippen LogP contribution is 2.36. The van der Waals surface area contributed by atoms with E-state index < -0.39 is 5.72 Å². The fourth-order valence-corrected chi connectivity index (χ4v) is 3.84. The molecular weight excluding hydrogens is 407 g/mol. The molecule has 2 heterocycles. The van der Waals surface area contributed by atoms with Crippen LogP contribution in [0.15, 0.2) is 48.5 Å². The van der Waals surface area contributed by atoms with E-state index in [2.05, 4.69) is 9.48 Å². The van der Waals surface area contributed by atoms with Gasteiger partial charge in [-0.3, -0.25) is 0 Å². The summed E-state index contributed by atoms with van der Waals surface area (Å²) in [6.45, 7) is 1.23. The Morgan fingerprint density at radius 3 is 2.40 bits per heavy atom. The SMILES string of the molecule is OC1(c2ccc(F)cc2)CN(c2ccc(Cl)cc2)C2=[N+]1CCCC2.[Br-]. The molecule has 0 spiro atoms. The number of hydrogen-bond acceptors (Lipinski definition) is 2. The first-order valence-electron chi connectivity index (χ1n) is 8.23. The molecule has 0 saturated heterocycles. The smallest absolute Gasteiger partial charge is 0.271 e. The van der Waals surface area contributed by atoms with Crippen molar-refractivity contribution in [2.24, 2.45) is 0 Å². The number of hydrogen-bond donors (Lipinski definition) is 1. The van der Waals surface area contributed by atoms with Crippen LogP contribution in [0.1, 0.15) is 24.8 Å². The van der Waals surface area contributed by atoms with Gasteiger partial charge < -0.3 is 22.1 Å². The molecule has 0 fully saturated rings. The Bertz CT molecular complexity index is 794. The van der Waals surface area contributed by atoms with Crippen LogP contribution in [0.4, 0.5) is 10.1 Å². The lowest BCUT2D eigenvalue weighted by atomic mass is 10.0. The number of halogens is 3. The Morgan fingerprint density at radius 1 is 1.04 bits per heavy atom. The highest BCUT2D eigenvalue weighted by atomic mass is 79.9. The molecule has 3 nitrogen and oxygen atoms in total.